The summed E-state index contributed by atoms with van der Waals surface area (Å²) in [7, 11) is 0. The Bertz CT molecular complexity index is 1600. The Morgan fingerprint density at radius 1 is 0.833 bits per heavy atom. The molecule has 1 N–H and O–H groups in total. The van der Waals surface area contributed by atoms with Crippen molar-refractivity contribution in [2.45, 2.75) is 31.8 Å². The Labute approximate surface area is 241 Å². The van der Waals surface area contributed by atoms with Crippen molar-refractivity contribution in [2.24, 2.45) is 0 Å². The van der Waals surface area contributed by atoms with E-state index >= 15 is 0 Å². The number of fused-ring (bicyclic) bond motifs is 1. The summed E-state index contributed by atoms with van der Waals surface area (Å²) >= 11 is 0. The van der Waals surface area contributed by atoms with Gasteiger partial charge in [-0.3, -0.25) is 39.1 Å². The molecule has 2 fully saturated rings. The van der Waals surface area contributed by atoms with Crippen molar-refractivity contribution < 1.29 is 28.4 Å². The molecule has 214 valence electrons. The van der Waals surface area contributed by atoms with Crippen LogP contribution in [0.25, 0.3) is 11.1 Å². The van der Waals surface area contributed by atoms with E-state index in [1.165, 1.54) is 6.07 Å². The monoisotopic (exact) mass is 568 g/mol. The van der Waals surface area contributed by atoms with E-state index in [0.717, 1.165) is 16.0 Å². The molecule has 3 aromatic rings. The third-order valence-electron chi connectivity index (χ3n) is 8.16. The van der Waals surface area contributed by atoms with Gasteiger partial charge in [0.2, 0.25) is 17.7 Å². The Kier molecular flexibility index (Phi) is 7.38. The van der Waals surface area contributed by atoms with Crippen LogP contribution < -0.4 is 5.32 Å². The number of amides is 5. The molecule has 3 aliphatic heterocycles. The molecule has 5 amide bonds. The van der Waals surface area contributed by atoms with Crippen LogP contribution in [0.3, 0.4) is 0 Å². The summed E-state index contributed by atoms with van der Waals surface area (Å²) < 4.78 is 13.9. The Morgan fingerprint density at radius 3 is 2.26 bits per heavy atom. The highest BCUT2D eigenvalue weighted by Gasteiger charge is 2.45. The SMILES string of the molecule is O=C1CCC(N2C(=O)c3cccc(-c4ccc(CN5CCN(C(=O)Cc6ccccc6F)CC5)cc4)c3C2=O)C(=O)N1. The van der Waals surface area contributed by atoms with Gasteiger partial charge in [0.1, 0.15) is 11.9 Å². The second-order valence-electron chi connectivity index (χ2n) is 10.8. The van der Waals surface area contributed by atoms with Gasteiger partial charge < -0.3 is 4.90 Å². The zero-order valence-electron chi connectivity index (χ0n) is 22.8. The molecule has 10 heteroatoms. The number of piperazine rings is 1. The summed E-state index contributed by atoms with van der Waals surface area (Å²) in [6, 6.07) is 18.2. The number of benzene rings is 3. The van der Waals surface area contributed by atoms with Gasteiger partial charge in [0, 0.05) is 39.1 Å². The molecule has 42 heavy (non-hydrogen) atoms. The van der Waals surface area contributed by atoms with Gasteiger partial charge in [0.15, 0.2) is 0 Å². The van der Waals surface area contributed by atoms with Gasteiger partial charge in [-0.25, -0.2) is 4.39 Å². The lowest BCUT2D eigenvalue weighted by Crippen LogP contribution is -2.54. The third kappa shape index (κ3) is 5.21. The summed E-state index contributed by atoms with van der Waals surface area (Å²) in [5, 5.41) is 2.22. The number of carbonyl (C=O) groups excluding carboxylic acids is 5. The Hall–Kier alpha value is -4.70. The molecule has 3 aliphatic rings. The molecule has 0 bridgehead atoms. The number of nitrogens with one attached hydrogen (secondary N) is 1. The quantitative estimate of drug-likeness (QED) is 0.459. The predicted molar refractivity (Wildman–Crippen MR) is 151 cm³/mol. The van der Waals surface area contributed by atoms with Gasteiger partial charge >= 0.3 is 0 Å². The van der Waals surface area contributed by atoms with Crippen LogP contribution in [-0.2, 0) is 27.3 Å². The number of piperidine rings is 1. The van der Waals surface area contributed by atoms with Gasteiger partial charge in [-0.05, 0) is 40.8 Å². The zero-order valence-corrected chi connectivity index (χ0v) is 22.8. The molecule has 6 rings (SSSR count). The smallest absolute Gasteiger partial charge is 0.262 e. The highest BCUT2D eigenvalue weighted by molar-refractivity contribution is 6.25. The molecule has 0 radical (unpaired) electrons. The largest absolute Gasteiger partial charge is 0.340 e. The minimum Gasteiger partial charge on any atom is -0.340 e. The summed E-state index contributed by atoms with van der Waals surface area (Å²) in [4.78, 5) is 68.3. The van der Waals surface area contributed by atoms with Gasteiger partial charge in [-0.1, -0.05) is 54.6 Å². The van der Waals surface area contributed by atoms with Crippen molar-refractivity contribution in [3.05, 3.63) is 94.8 Å². The van der Waals surface area contributed by atoms with Crippen molar-refractivity contribution in [2.75, 3.05) is 26.2 Å². The van der Waals surface area contributed by atoms with Crippen molar-refractivity contribution in [1.82, 2.24) is 20.0 Å². The maximum Gasteiger partial charge on any atom is 0.262 e. The Morgan fingerprint density at radius 2 is 1.55 bits per heavy atom. The van der Waals surface area contributed by atoms with Crippen LogP contribution in [0.1, 0.15) is 44.7 Å². The average Bonchev–Trinajstić information content (AvgIpc) is 3.24. The van der Waals surface area contributed by atoms with Crippen LogP contribution >= 0.6 is 0 Å². The van der Waals surface area contributed by atoms with Crippen molar-refractivity contribution in [3.63, 3.8) is 0 Å². The number of hydrogen-bond donors (Lipinski definition) is 1. The van der Waals surface area contributed by atoms with Crippen LogP contribution in [0.2, 0.25) is 0 Å². The number of hydrogen-bond acceptors (Lipinski definition) is 6. The van der Waals surface area contributed by atoms with Crippen LogP contribution in [0.15, 0.2) is 66.7 Å². The van der Waals surface area contributed by atoms with Crippen LogP contribution in [0, 0.1) is 5.82 Å². The second kappa shape index (κ2) is 11.3. The molecule has 2 saturated heterocycles. The zero-order chi connectivity index (χ0) is 29.4. The lowest BCUT2D eigenvalue weighted by atomic mass is 9.96. The molecule has 0 saturated carbocycles. The first-order valence-corrected chi connectivity index (χ1v) is 14.0. The van der Waals surface area contributed by atoms with E-state index < -0.39 is 29.7 Å². The molecule has 3 aromatic carbocycles. The van der Waals surface area contributed by atoms with E-state index in [2.05, 4.69) is 10.2 Å². The van der Waals surface area contributed by atoms with Crippen molar-refractivity contribution >= 4 is 29.5 Å². The molecule has 3 heterocycles. The topological polar surface area (TPSA) is 107 Å². The molecule has 0 aliphatic carbocycles. The van der Waals surface area contributed by atoms with Gasteiger partial charge in [0.05, 0.1) is 17.5 Å². The summed E-state index contributed by atoms with van der Waals surface area (Å²) in [5.41, 5.74) is 3.35. The van der Waals surface area contributed by atoms with Crippen LogP contribution in [0.4, 0.5) is 4.39 Å². The van der Waals surface area contributed by atoms with Gasteiger partial charge in [-0.2, -0.15) is 0 Å². The van der Waals surface area contributed by atoms with Gasteiger partial charge in [-0.15, -0.1) is 0 Å². The lowest BCUT2D eigenvalue weighted by molar-refractivity contribution is -0.136. The molecular weight excluding hydrogens is 539 g/mol. The minimum atomic E-state index is -1.01. The van der Waals surface area contributed by atoms with Crippen molar-refractivity contribution in [3.8, 4) is 11.1 Å². The maximum atomic E-state index is 13.9. The first kappa shape index (κ1) is 27.5. The predicted octanol–water partition coefficient (Wildman–Crippen LogP) is 2.78. The fraction of sp³-hybridized carbons (Fsp3) is 0.281. The number of carbonyl (C=O) groups is 5. The first-order valence-electron chi connectivity index (χ1n) is 14.0. The number of nitrogens with zero attached hydrogens (tertiary/aromatic N) is 3. The average molecular weight is 569 g/mol. The molecule has 1 unspecified atom stereocenters. The summed E-state index contributed by atoms with van der Waals surface area (Å²) in [6.07, 6.45) is 0.224. The molecular formula is C32H29FN4O5. The van der Waals surface area contributed by atoms with E-state index in [1.54, 1.807) is 41.3 Å². The number of rotatable bonds is 6. The first-order chi connectivity index (χ1) is 20.3. The van der Waals surface area contributed by atoms with Gasteiger partial charge in [0.25, 0.3) is 11.8 Å². The number of halogens is 1. The van der Waals surface area contributed by atoms with E-state index in [9.17, 15) is 28.4 Å². The maximum absolute atomic E-state index is 13.9. The highest BCUT2D eigenvalue weighted by atomic mass is 19.1. The number of imide groups is 2. The highest BCUT2D eigenvalue weighted by Crippen LogP contribution is 2.35. The fourth-order valence-corrected chi connectivity index (χ4v) is 5.88. The lowest BCUT2D eigenvalue weighted by Gasteiger charge is -2.35. The second-order valence-corrected chi connectivity index (χ2v) is 10.8. The van der Waals surface area contributed by atoms with E-state index in [1.807, 2.05) is 24.3 Å². The molecule has 9 nitrogen and oxygen atoms in total. The van der Waals surface area contributed by atoms with E-state index in [0.29, 0.717) is 43.9 Å². The summed E-state index contributed by atoms with van der Waals surface area (Å²) in [6.45, 7) is 3.22. The van der Waals surface area contributed by atoms with E-state index in [-0.39, 0.29) is 42.1 Å². The van der Waals surface area contributed by atoms with E-state index in [4.69, 9.17) is 0 Å². The third-order valence-corrected chi connectivity index (χ3v) is 8.16. The molecule has 0 spiro atoms. The molecule has 1 atom stereocenters. The molecule has 0 aromatic heterocycles. The van der Waals surface area contributed by atoms with Crippen molar-refractivity contribution in [1.29, 1.82) is 0 Å². The van der Waals surface area contributed by atoms with Crippen LogP contribution in [-0.4, -0.2) is 76.5 Å². The normalized spacial score (nSPS) is 19.2. The minimum absolute atomic E-state index is 0.0523. The Balaban J connectivity index is 1.10. The fourth-order valence-electron chi connectivity index (χ4n) is 5.88. The standard InChI is InChI=1S/C32H29FN4O5/c33-25-7-2-1-4-22(25)18-28(39)36-16-14-35(15-17-36)19-20-8-10-21(11-9-20)23-5-3-6-24-29(23)32(42)37(31(24)41)26-12-13-27(38)34-30(26)40/h1-11,26H,12-19H2,(H,34,38,40). The van der Waals surface area contributed by atoms with Crippen LogP contribution in [0.5, 0.6) is 0 Å². The summed E-state index contributed by atoms with van der Waals surface area (Å²) in [5.74, 6) is -2.56.